The van der Waals surface area contributed by atoms with Crippen LogP contribution in [0.3, 0.4) is 0 Å². The Morgan fingerprint density at radius 1 is 1.31 bits per heavy atom. The number of rotatable bonds is 0. The van der Waals surface area contributed by atoms with Gasteiger partial charge in [0.15, 0.2) is 0 Å². The lowest BCUT2D eigenvalue weighted by Crippen LogP contribution is -2.14. The maximum Gasteiger partial charge on any atom is 0.416 e. The van der Waals surface area contributed by atoms with Gasteiger partial charge in [0.1, 0.15) is 0 Å². The van der Waals surface area contributed by atoms with Gasteiger partial charge in [-0.1, -0.05) is 6.07 Å². The Labute approximate surface area is 92.7 Å². The summed E-state index contributed by atoms with van der Waals surface area (Å²) in [5.41, 5.74) is 1.05. The first-order valence-corrected chi connectivity index (χ1v) is 5.43. The summed E-state index contributed by atoms with van der Waals surface area (Å²) in [5.74, 6) is 0. The zero-order valence-electron chi connectivity index (χ0n) is 9.06. The van der Waals surface area contributed by atoms with Crippen molar-refractivity contribution in [1.29, 1.82) is 0 Å². The highest BCUT2D eigenvalue weighted by Crippen LogP contribution is 2.33. The van der Waals surface area contributed by atoms with Crippen molar-refractivity contribution >= 4 is 5.69 Å². The second-order valence-electron chi connectivity index (χ2n) is 4.31. The van der Waals surface area contributed by atoms with Gasteiger partial charge in [-0.15, -0.1) is 0 Å². The first kappa shape index (κ1) is 11.3. The number of aryl methyl sites for hydroxylation is 1. The van der Waals surface area contributed by atoms with Gasteiger partial charge < -0.3 is 5.32 Å². The Kier molecular flexibility index (Phi) is 2.82. The smallest absolute Gasteiger partial charge is 0.382 e. The molecule has 1 aliphatic rings. The minimum absolute atomic E-state index is 0.240. The molecular formula is C12H14F3N. The molecular weight excluding hydrogens is 215 g/mol. The molecule has 0 aromatic heterocycles. The minimum atomic E-state index is -4.26. The Morgan fingerprint density at radius 3 is 2.75 bits per heavy atom. The van der Waals surface area contributed by atoms with Crippen molar-refractivity contribution < 1.29 is 13.2 Å². The molecule has 0 saturated heterocycles. The van der Waals surface area contributed by atoms with Crippen LogP contribution in [-0.4, -0.2) is 6.04 Å². The average molecular weight is 229 g/mol. The largest absolute Gasteiger partial charge is 0.416 e. The van der Waals surface area contributed by atoms with E-state index in [1.54, 1.807) is 6.07 Å². The van der Waals surface area contributed by atoms with Crippen molar-refractivity contribution in [3.8, 4) is 0 Å². The van der Waals surface area contributed by atoms with Gasteiger partial charge in [0.05, 0.1) is 5.56 Å². The number of benzene rings is 1. The Bertz CT molecular complexity index is 384. The predicted octanol–water partition coefficient (Wildman–Crippen LogP) is 3.84. The third-order valence-corrected chi connectivity index (χ3v) is 2.92. The zero-order chi connectivity index (χ0) is 11.8. The quantitative estimate of drug-likeness (QED) is 0.712. The van der Waals surface area contributed by atoms with Gasteiger partial charge in [0.25, 0.3) is 0 Å². The molecule has 0 radical (unpaired) electrons. The molecule has 1 atom stereocenters. The fourth-order valence-electron chi connectivity index (χ4n) is 2.04. The minimum Gasteiger partial charge on any atom is -0.382 e. The second kappa shape index (κ2) is 4.00. The average Bonchev–Trinajstić information content (AvgIpc) is 2.35. The van der Waals surface area contributed by atoms with Gasteiger partial charge in [-0.2, -0.15) is 13.2 Å². The van der Waals surface area contributed by atoms with Gasteiger partial charge in [-0.3, -0.25) is 0 Å². The fraction of sp³-hybridized carbons (Fsp3) is 0.500. The summed E-state index contributed by atoms with van der Waals surface area (Å²) in [5, 5.41) is 3.13. The number of nitrogens with one attached hydrogen (secondary N) is 1. The second-order valence-corrected chi connectivity index (χ2v) is 4.31. The van der Waals surface area contributed by atoms with Crippen LogP contribution in [0.1, 0.15) is 30.9 Å². The van der Waals surface area contributed by atoms with Crippen LogP contribution in [0.25, 0.3) is 0 Å². The SMILES string of the molecule is CC1CCCc2ccc(C(F)(F)F)cc2N1. The molecule has 0 spiro atoms. The van der Waals surface area contributed by atoms with Gasteiger partial charge in [-0.25, -0.2) is 0 Å². The van der Waals surface area contributed by atoms with Gasteiger partial charge in [0, 0.05) is 11.7 Å². The summed E-state index contributed by atoms with van der Waals surface area (Å²) >= 11 is 0. The van der Waals surface area contributed by atoms with Crippen molar-refractivity contribution in [2.45, 2.75) is 38.4 Å². The van der Waals surface area contributed by atoms with Crippen molar-refractivity contribution in [2.75, 3.05) is 5.32 Å². The molecule has 0 saturated carbocycles. The lowest BCUT2D eigenvalue weighted by atomic mass is 10.0. The van der Waals surface area contributed by atoms with E-state index in [1.165, 1.54) is 6.07 Å². The maximum absolute atomic E-state index is 12.5. The van der Waals surface area contributed by atoms with Crippen molar-refractivity contribution in [3.05, 3.63) is 29.3 Å². The molecule has 1 nitrogen and oxygen atoms in total. The molecule has 1 N–H and O–H groups in total. The molecule has 4 heteroatoms. The lowest BCUT2D eigenvalue weighted by Gasteiger charge is -2.15. The Hall–Kier alpha value is -1.19. The zero-order valence-corrected chi connectivity index (χ0v) is 9.06. The molecule has 1 heterocycles. The van der Waals surface area contributed by atoms with Crippen molar-refractivity contribution in [1.82, 2.24) is 0 Å². The van der Waals surface area contributed by atoms with E-state index in [4.69, 9.17) is 0 Å². The van der Waals surface area contributed by atoms with Crippen LogP contribution in [-0.2, 0) is 12.6 Å². The molecule has 0 aliphatic carbocycles. The number of fused-ring (bicyclic) bond motifs is 1. The summed E-state index contributed by atoms with van der Waals surface area (Å²) in [6, 6.07) is 4.21. The normalized spacial score (nSPS) is 20.9. The van der Waals surface area contributed by atoms with E-state index in [2.05, 4.69) is 5.32 Å². The van der Waals surface area contributed by atoms with Crippen LogP contribution in [0.2, 0.25) is 0 Å². The predicted molar refractivity (Wildman–Crippen MR) is 57.5 cm³/mol. The van der Waals surface area contributed by atoms with Gasteiger partial charge >= 0.3 is 6.18 Å². The number of halogens is 3. The van der Waals surface area contributed by atoms with E-state index in [0.29, 0.717) is 5.69 Å². The van der Waals surface area contributed by atoms with E-state index in [-0.39, 0.29) is 6.04 Å². The molecule has 2 rings (SSSR count). The monoisotopic (exact) mass is 229 g/mol. The van der Waals surface area contributed by atoms with Crippen LogP contribution in [0.5, 0.6) is 0 Å². The van der Waals surface area contributed by atoms with Crippen LogP contribution in [0.4, 0.5) is 18.9 Å². The summed E-state index contributed by atoms with van der Waals surface area (Å²) in [6.45, 7) is 2.00. The molecule has 88 valence electrons. The standard InChI is InChI=1S/C12H14F3N/c1-8-3-2-4-9-5-6-10(12(13,14)15)7-11(9)16-8/h5-8,16H,2-4H2,1H3. The van der Waals surface area contributed by atoms with Crippen LogP contribution >= 0.6 is 0 Å². The molecule has 0 fully saturated rings. The number of alkyl halides is 3. The highest BCUT2D eigenvalue weighted by atomic mass is 19.4. The third-order valence-electron chi connectivity index (χ3n) is 2.92. The summed E-state index contributed by atoms with van der Waals surface area (Å²) < 4.78 is 37.6. The summed E-state index contributed by atoms with van der Waals surface area (Å²) in [4.78, 5) is 0. The van der Waals surface area contributed by atoms with E-state index in [0.717, 1.165) is 30.9 Å². The van der Waals surface area contributed by atoms with E-state index < -0.39 is 11.7 Å². The van der Waals surface area contributed by atoms with Crippen LogP contribution in [0.15, 0.2) is 18.2 Å². The van der Waals surface area contributed by atoms with E-state index in [9.17, 15) is 13.2 Å². The molecule has 1 unspecified atom stereocenters. The molecule has 16 heavy (non-hydrogen) atoms. The summed E-state index contributed by atoms with van der Waals surface area (Å²) in [6.07, 6.45) is -1.39. The Balaban J connectivity index is 2.37. The maximum atomic E-state index is 12.5. The number of hydrogen-bond acceptors (Lipinski definition) is 1. The topological polar surface area (TPSA) is 12.0 Å². The van der Waals surface area contributed by atoms with Crippen molar-refractivity contribution in [2.24, 2.45) is 0 Å². The van der Waals surface area contributed by atoms with Crippen molar-refractivity contribution in [3.63, 3.8) is 0 Å². The highest BCUT2D eigenvalue weighted by Gasteiger charge is 2.31. The van der Waals surface area contributed by atoms with E-state index >= 15 is 0 Å². The summed E-state index contributed by atoms with van der Waals surface area (Å²) in [7, 11) is 0. The first-order chi connectivity index (χ1) is 7.47. The highest BCUT2D eigenvalue weighted by molar-refractivity contribution is 5.55. The molecule has 1 aromatic carbocycles. The number of hydrogen-bond donors (Lipinski definition) is 1. The first-order valence-electron chi connectivity index (χ1n) is 5.43. The van der Waals surface area contributed by atoms with Gasteiger partial charge in [-0.05, 0) is 43.9 Å². The van der Waals surface area contributed by atoms with Crippen LogP contribution in [0, 0.1) is 0 Å². The van der Waals surface area contributed by atoms with Crippen LogP contribution < -0.4 is 5.32 Å². The molecule has 0 amide bonds. The lowest BCUT2D eigenvalue weighted by molar-refractivity contribution is -0.137. The fourth-order valence-corrected chi connectivity index (χ4v) is 2.04. The molecule has 1 aliphatic heterocycles. The Morgan fingerprint density at radius 2 is 2.06 bits per heavy atom. The molecule has 1 aromatic rings. The number of anilines is 1. The third kappa shape index (κ3) is 2.31. The van der Waals surface area contributed by atoms with E-state index in [1.807, 2.05) is 6.92 Å². The molecule has 0 bridgehead atoms. The van der Waals surface area contributed by atoms with Gasteiger partial charge in [0.2, 0.25) is 0 Å².